The van der Waals surface area contributed by atoms with Gasteiger partial charge in [-0.3, -0.25) is 4.79 Å². The lowest BCUT2D eigenvalue weighted by Gasteiger charge is -2.13. The van der Waals surface area contributed by atoms with Gasteiger partial charge >= 0.3 is 0 Å². The molecule has 3 aromatic rings. The van der Waals surface area contributed by atoms with Crippen molar-refractivity contribution in [3.63, 3.8) is 0 Å². The molecule has 0 saturated heterocycles. The maximum Gasteiger partial charge on any atom is 0.224 e. The van der Waals surface area contributed by atoms with Crippen LogP contribution < -0.4 is 10.6 Å². The van der Waals surface area contributed by atoms with Gasteiger partial charge in [-0.15, -0.1) is 23.1 Å². The highest BCUT2D eigenvalue weighted by Gasteiger charge is 2.09. The van der Waals surface area contributed by atoms with E-state index in [1.807, 2.05) is 37.4 Å². The van der Waals surface area contributed by atoms with Crippen LogP contribution in [-0.2, 0) is 30.7 Å². The Hall–Kier alpha value is -2.24. The van der Waals surface area contributed by atoms with Crippen LogP contribution in [0.5, 0.6) is 0 Å². The fourth-order valence-electron chi connectivity index (χ4n) is 2.84. The number of benzene rings is 1. The van der Waals surface area contributed by atoms with E-state index in [2.05, 4.69) is 20.6 Å². The number of aliphatic hydroxyl groups excluding tert-OH is 2. The van der Waals surface area contributed by atoms with Crippen LogP contribution in [0, 0.1) is 6.92 Å². The first-order valence-electron chi connectivity index (χ1n) is 10.3. The summed E-state index contributed by atoms with van der Waals surface area (Å²) in [4.78, 5) is 20.9. The number of amides is 1. The van der Waals surface area contributed by atoms with Crippen LogP contribution in [0.1, 0.15) is 27.8 Å². The van der Waals surface area contributed by atoms with E-state index in [0.717, 1.165) is 44.2 Å². The third-order valence-corrected chi connectivity index (χ3v) is 6.82. The molecular weight excluding hydrogens is 448 g/mol. The predicted molar refractivity (Wildman–Crippen MR) is 125 cm³/mol. The van der Waals surface area contributed by atoms with E-state index < -0.39 is 0 Å². The molecule has 0 bridgehead atoms. The molecule has 32 heavy (non-hydrogen) atoms. The van der Waals surface area contributed by atoms with Gasteiger partial charge in [0.1, 0.15) is 10.8 Å². The Kier molecular flexibility index (Phi) is 9.69. The summed E-state index contributed by atoms with van der Waals surface area (Å²) in [5.41, 5.74) is 1.94. The number of aliphatic hydroxyl groups is 2. The highest BCUT2D eigenvalue weighted by molar-refractivity contribution is 8.01. The molecule has 8 nitrogen and oxygen atoms in total. The largest absolute Gasteiger partial charge is 0.446 e. The van der Waals surface area contributed by atoms with E-state index in [-0.39, 0.29) is 25.2 Å². The number of nitrogens with one attached hydrogen (secondary N) is 2. The number of thioether (sulfide) groups is 1. The van der Waals surface area contributed by atoms with Crippen molar-refractivity contribution < 1.29 is 19.4 Å². The number of hydrogen-bond acceptors (Lipinski definition) is 9. The second kappa shape index (κ2) is 12.7. The van der Waals surface area contributed by atoms with E-state index in [1.165, 1.54) is 0 Å². The number of carbonyl (C=O) groups is 1. The molecule has 10 heteroatoms. The topological polar surface area (TPSA) is 121 Å². The van der Waals surface area contributed by atoms with E-state index >= 15 is 0 Å². The minimum absolute atomic E-state index is 0.0554. The standard InChI is InChI=1S/C22H28N4O4S2/c1-15-9-25-20(30-15)6-7-31-22-12-26-21(32-22)11-24-19(29)8-16-2-4-17(5-3-16)10-23-18(13-27)14-28/h2-5,9,12,18,23,27-28H,6-8,10-11,13-14H2,1H3,(H,24,29). The average molecular weight is 477 g/mol. The molecule has 0 aliphatic carbocycles. The van der Waals surface area contributed by atoms with Gasteiger partial charge < -0.3 is 25.3 Å². The van der Waals surface area contributed by atoms with Crippen molar-refractivity contribution in [2.45, 2.75) is 43.1 Å². The summed E-state index contributed by atoms with van der Waals surface area (Å²) in [6.45, 7) is 2.61. The fourth-order valence-corrected chi connectivity index (χ4v) is 4.81. The maximum atomic E-state index is 12.3. The number of rotatable bonds is 13. The first kappa shape index (κ1) is 24.4. The van der Waals surface area contributed by atoms with E-state index in [1.54, 1.807) is 29.3 Å². The molecule has 0 fully saturated rings. The van der Waals surface area contributed by atoms with Gasteiger partial charge in [-0.05, 0) is 18.1 Å². The molecule has 172 valence electrons. The zero-order valence-electron chi connectivity index (χ0n) is 17.9. The van der Waals surface area contributed by atoms with Crippen LogP contribution in [0.2, 0.25) is 0 Å². The number of carbonyl (C=O) groups excluding carboxylic acids is 1. The van der Waals surface area contributed by atoms with Gasteiger partial charge in [-0.1, -0.05) is 24.3 Å². The highest BCUT2D eigenvalue weighted by atomic mass is 32.2. The summed E-state index contributed by atoms with van der Waals surface area (Å²) in [5.74, 6) is 2.37. The Morgan fingerprint density at radius 2 is 1.88 bits per heavy atom. The van der Waals surface area contributed by atoms with Crippen molar-refractivity contribution in [1.82, 2.24) is 20.6 Å². The van der Waals surface area contributed by atoms with Gasteiger partial charge in [0.05, 0.1) is 48.8 Å². The van der Waals surface area contributed by atoms with Gasteiger partial charge in [0.25, 0.3) is 0 Å². The smallest absolute Gasteiger partial charge is 0.224 e. The van der Waals surface area contributed by atoms with Crippen LogP contribution in [-0.4, -0.2) is 51.1 Å². The van der Waals surface area contributed by atoms with E-state index in [0.29, 0.717) is 19.5 Å². The Morgan fingerprint density at radius 1 is 1.12 bits per heavy atom. The normalized spacial score (nSPS) is 11.2. The summed E-state index contributed by atoms with van der Waals surface area (Å²) in [7, 11) is 0. The van der Waals surface area contributed by atoms with Crippen molar-refractivity contribution in [3.05, 3.63) is 64.4 Å². The molecule has 0 atom stereocenters. The number of thiazole rings is 1. The molecule has 1 amide bonds. The third kappa shape index (κ3) is 8.03. The summed E-state index contributed by atoms with van der Waals surface area (Å²) in [6, 6.07) is 7.37. The minimum Gasteiger partial charge on any atom is -0.446 e. The van der Waals surface area contributed by atoms with Gasteiger partial charge in [0, 0.05) is 18.7 Å². The Morgan fingerprint density at radius 3 is 2.56 bits per heavy atom. The summed E-state index contributed by atoms with van der Waals surface area (Å²) >= 11 is 3.28. The second-order valence-electron chi connectivity index (χ2n) is 7.25. The fraction of sp³-hybridized carbons (Fsp3) is 0.409. The van der Waals surface area contributed by atoms with E-state index in [9.17, 15) is 4.79 Å². The van der Waals surface area contributed by atoms with E-state index in [4.69, 9.17) is 14.6 Å². The molecule has 0 spiro atoms. The van der Waals surface area contributed by atoms with Crippen LogP contribution in [0.4, 0.5) is 0 Å². The molecule has 4 N–H and O–H groups in total. The van der Waals surface area contributed by atoms with Crippen molar-refractivity contribution in [2.75, 3.05) is 19.0 Å². The number of aromatic nitrogens is 2. The van der Waals surface area contributed by atoms with Crippen LogP contribution in [0.25, 0.3) is 0 Å². The third-order valence-electron chi connectivity index (χ3n) is 4.62. The van der Waals surface area contributed by atoms with Crippen molar-refractivity contribution in [2.24, 2.45) is 0 Å². The molecule has 2 heterocycles. The molecule has 0 aliphatic heterocycles. The average Bonchev–Trinajstić information content (AvgIpc) is 3.43. The van der Waals surface area contributed by atoms with Crippen molar-refractivity contribution >= 4 is 29.0 Å². The lowest BCUT2D eigenvalue weighted by Crippen LogP contribution is -2.35. The molecule has 1 aromatic carbocycles. The van der Waals surface area contributed by atoms with Gasteiger partial charge in [-0.2, -0.15) is 0 Å². The number of hydrogen-bond donors (Lipinski definition) is 4. The lowest BCUT2D eigenvalue weighted by molar-refractivity contribution is -0.120. The zero-order valence-corrected chi connectivity index (χ0v) is 19.5. The molecule has 0 aliphatic rings. The second-order valence-corrected chi connectivity index (χ2v) is 9.76. The first-order chi connectivity index (χ1) is 15.6. The summed E-state index contributed by atoms with van der Waals surface area (Å²) < 4.78 is 6.58. The molecule has 0 unspecified atom stereocenters. The lowest BCUT2D eigenvalue weighted by atomic mass is 10.1. The summed E-state index contributed by atoms with van der Waals surface area (Å²) in [6.07, 6.45) is 4.63. The minimum atomic E-state index is -0.331. The summed E-state index contributed by atoms with van der Waals surface area (Å²) in [5, 5.41) is 25.0. The number of oxazole rings is 1. The molecule has 3 rings (SSSR count). The Labute approximate surface area is 195 Å². The SMILES string of the molecule is Cc1cnc(CCSc2cnc(CNC(=O)Cc3ccc(CNC(CO)CO)cc3)s2)o1. The molecule has 0 radical (unpaired) electrons. The Bertz CT molecular complexity index is 970. The van der Waals surface area contributed by atoms with Crippen LogP contribution >= 0.6 is 23.1 Å². The maximum absolute atomic E-state index is 12.3. The number of nitrogens with zero attached hydrogens (tertiary/aromatic N) is 2. The molecule has 0 saturated carbocycles. The molecule has 2 aromatic heterocycles. The van der Waals surface area contributed by atoms with Crippen LogP contribution in [0.3, 0.4) is 0 Å². The van der Waals surface area contributed by atoms with Gasteiger partial charge in [0.15, 0.2) is 5.89 Å². The van der Waals surface area contributed by atoms with Gasteiger partial charge in [-0.25, -0.2) is 9.97 Å². The predicted octanol–water partition coefficient (Wildman–Crippen LogP) is 2.08. The van der Waals surface area contributed by atoms with Gasteiger partial charge in [0.2, 0.25) is 5.91 Å². The zero-order chi connectivity index (χ0) is 22.8. The molecular formula is C22H28N4O4S2. The highest BCUT2D eigenvalue weighted by Crippen LogP contribution is 2.25. The number of aryl methyl sites for hydroxylation is 2. The monoisotopic (exact) mass is 476 g/mol. The van der Waals surface area contributed by atoms with Crippen LogP contribution in [0.15, 0.2) is 45.3 Å². The first-order valence-corrected chi connectivity index (χ1v) is 12.1. The Balaban J connectivity index is 1.36. The van der Waals surface area contributed by atoms with Crippen molar-refractivity contribution in [3.8, 4) is 0 Å². The van der Waals surface area contributed by atoms with Crippen molar-refractivity contribution in [1.29, 1.82) is 0 Å². The quantitative estimate of drug-likeness (QED) is 0.277.